The molecular formula is C26H24FN3O2. The van der Waals surface area contributed by atoms with Crippen LogP contribution in [-0.4, -0.2) is 28.6 Å². The number of amides is 1. The quantitative estimate of drug-likeness (QED) is 0.429. The average molecular weight is 429 g/mol. The summed E-state index contributed by atoms with van der Waals surface area (Å²) in [5.74, 6) is 1.39. The van der Waals surface area contributed by atoms with E-state index in [0.717, 1.165) is 22.6 Å². The third-order valence-corrected chi connectivity index (χ3v) is 5.92. The van der Waals surface area contributed by atoms with Crippen molar-refractivity contribution >= 4 is 22.6 Å². The fraction of sp³-hybridized carbons (Fsp3) is 0.231. The Hall–Kier alpha value is -3.67. The number of benzene rings is 3. The van der Waals surface area contributed by atoms with Crippen LogP contribution in [0.15, 0.2) is 72.8 Å². The highest BCUT2D eigenvalue weighted by Gasteiger charge is 2.34. The topological polar surface area (TPSA) is 47.4 Å². The summed E-state index contributed by atoms with van der Waals surface area (Å²) >= 11 is 0. The molecule has 1 saturated heterocycles. The predicted molar refractivity (Wildman–Crippen MR) is 123 cm³/mol. The van der Waals surface area contributed by atoms with Crippen molar-refractivity contribution in [1.29, 1.82) is 0 Å². The minimum atomic E-state index is -0.313. The molecule has 0 N–H and O–H groups in total. The van der Waals surface area contributed by atoms with Crippen LogP contribution >= 0.6 is 0 Å². The summed E-state index contributed by atoms with van der Waals surface area (Å²) in [5.41, 5.74) is 3.84. The molecule has 4 aromatic rings. The van der Waals surface area contributed by atoms with Crippen LogP contribution in [0.2, 0.25) is 0 Å². The van der Waals surface area contributed by atoms with E-state index in [4.69, 9.17) is 9.72 Å². The lowest BCUT2D eigenvalue weighted by atomic mass is 10.1. The first-order valence-corrected chi connectivity index (χ1v) is 10.8. The molecule has 6 heteroatoms. The number of fused-ring (bicyclic) bond motifs is 1. The summed E-state index contributed by atoms with van der Waals surface area (Å²) < 4.78 is 21.4. The minimum Gasteiger partial charge on any atom is -0.492 e. The Morgan fingerprint density at radius 3 is 2.56 bits per heavy atom. The van der Waals surface area contributed by atoms with Crippen LogP contribution in [0.5, 0.6) is 5.75 Å². The Bertz CT molecular complexity index is 1250. The number of halogens is 1. The normalized spacial score (nSPS) is 16.1. The minimum absolute atomic E-state index is 0.0242. The maximum Gasteiger partial charge on any atom is 0.227 e. The van der Waals surface area contributed by atoms with Crippen LogP contribution in [0.4, 0.5) is 10.1 Å². The van der Waals surface area contributed by atoms with Gasteiger partial charge in [-0.15, -0.1) is 0 Å². The lowest BCUT2D eigenvalue weighted by Crippen LogP contribution is -2.24. The van der Waals surface area contributed by atoms with E-state index in [1.165, 1.54) is 17.7 Å². The molecule has 5 rings (SSSR count). The van der Waals surface area contributed by atoms with Crippen molar-refractivity contribution in [3.63, 3.8) is 0 Å². The molecule has 0 unspecified atom stereocenters. The van der Waals surface area contributed by atoms with Gasteiger partial charge in [0.05, 0.1) is 17.6 Å². The lowest BCUT2D eigenvalue weighted by molar-refractivity contribution is -0.117. The molecule has 1 aliphatic heterocycles. The zero-order valence-corrected chi connectivity index (χ0v) is 17.9. The van der Waals surface area contributed by atoms with Gasteiger partial charge in [0.15, 0.2) is 0 Å². The van der Waals surface area contributed by atoms with Crippen LogP contribution < -0.4 is 9.64 Å². The highest BCUT2D eigenvalue weighted by Crippen LogP contribution is 2.33. The fourth-order valence-electron chi connectivity index (χ4n) is 4.28. The van der Waals surface area contributed by atoms with Gasteiger partial charge >= 0.3 is 0 Å². The van der Waals surface area contributed by atoms with Gasteiger partial charge in [-0.25, -0.2) is 9.37 Å². The van der Waals surface area contributed by atoms with E-state index in [0.29, 0.717) is 31.8 Å². The molecule has 0 bridgehead atoms. The summed E-state index contributed by atoms with van der Waals surface area (Å²) in [4.78, 5) is 19.4. The number of ether oxygens (including phenoxy) is 1. The standard InChI is InChI=1S/C26H24FN3O2/c1-18-6-12-22(13-7-18)32-15-14-29-24-5-3-2-4-23(24)28-26(29)19-16-25(31)30(17-19)21-10-8-20(27)9-11-21/h2-13,19H,14-17H2,1H3/t19-/m1/s1. The largest absolute Gasteiger partial charge is 0.492 e. The Labute approximate surface area is 186 Å². The molecule has 3 aromatic carbocycles. The zero-order chi connectivity index (χ0) is 22.1. The third kappa shape index (κ3) is 3.96. The first-order valence-electron chi connectivity index (χ1n) is 10.8. The van der Waals surface area contributed by atoms with E-state index in [1.807, 2.05) is 55.5 Å². The highest BCUT2D eigenvalue weighted by molar-refractivity contribution is 5.96. The van der Waals surface area contributed by atoms with Crippen LogP contribution in [-0.2, 0) is 11.3 Å². The van der Waals surface area contributed by atoms with Gasteiger partial charge in [-0.3, -0.25) is 4.79 Å². The molecule has 1 aromatic heterocycles. The van der Waals surface area contributed by atoms with Gasteiger partial charge in [-0.2, -0.15) is 0 Å². The molecule has 0 spiro atoms. The van der Waals surface area contributed by atoms with Crippen LogP contribution in [0.3, 0.4) is 0 Å². The van der Waals surface area contributed by atoms with Gasteiger partial charge in [0.25, 0.3) is 0 Å². The van der Waals surface area contributed by atoms with Gasteiger partial charge in [0.1, 0.15) is 24.0 Å². The van der Waals surface area contributed by atoms with E-state index >= 15 is 0 Å². The van der Waals surface area contributed by atoms with Gasteiger partial charge in [0.2, 0.25) is 5.91 Å². The van der Waals surface area contributed by atoms with Gasteiger partial charge in [-0.1, -0.05) is 29.8 Å². The Balaban J connectivity index is 1.39. The van der Waals surface area contributed by atoms with Gasteiger partial charge in [0, 0.05) is 24.6 Å². The van der Waals surface area contributed by atoms with Crippen molar-refractivity contribution in [2.45, 2.75) is 25.8 Å². The average Bonchev–Trinajstić information content (AvgIpc) is 3.36. The number of anilines is 1. The Kier molecular flexibility index (Phi) is 5.35. The Morgan fingerprint density at radius 1 is 1.03 bits per heavy atom. The monoisotopic (exact) mass is 429 g/mol. The number of imidazole rings is 1. The van der Waals surface area contributed by atoms with Crippen molar-refractivity contribution in [1.82, 2.24) is 9.55 Å². The van der Waals surface area contributed by atoms with Crippen LogP contribution in [0.25, 0.3) is 11.0 Å². The van der Waals surface area contributed by atoms with Crippen molar-refractivity contribution in [3.8, 4) is 5.75 Å². The number of rotatable bonds is 6. The van der Waals surface area contributed by atoms with E-state index < -0.39 is 0 Å². The molecule has 32 heavy (non-hydrogen) atoms. The third-order valence-electron chi connectivity index (χ3n) is 5.92. The predicted octanol–water partition coefficient (Wildman–Crippen LogP) is 5.08. The summed E-state index contributed by atoms with van der Waals surface area (Å²) in [6.45, 7) is 3.70. The number of hydrogen-bond donors (Lipinski definition) is 0. The maximum absolute atomic E-state index is 13.3. The molecule has 1 fully saturated rings. The summed E-state index contributed by atoms with van der Waals surface area (Å²) in [7, 11) is 0. The van der Waals surface area contributed by atoms with Crippen molar-refractivity contribution in [3.05, 3.63) is 90.0 Å². The molecule has 5 nitrogen and oxygen atoms in total. The number of aryl methyl sites for hydroxylation is 1. The van der Waals surface area contributed by atoms with Crippen molar-refractivity contribution < 1.29 is 13.9 Å². The lowest BCUT2D eigenvalue weighted by Gasteiger charge is -2.17. The Morgan fingerprint density at radius 2 is 1.78 bits per heavy atom. The molecule has 1 amide bonds. The fourth-order valence-corrected chi connectivity index (χ4v) is 4.28. The number of para-hydroxylation sites is 2. The summed E-state index contributed by atoms with van der Waals surface area (Å²) in [6.07, 6.45) is 0.375. The molecule has 162 valence electrons. The first kappa shape index (κ1) is 20.2. The second kappa shape index (κ2) is 8.46. The SMILES string of the molecule is Cc1ccc(OCCn2c([C@@H]3CC(=O)N(c4ccc(F)cc4)C3)nc3ccccc32)cc1. The number of nitrogens with zero attached hydrogens (tertiary/aromatic N) is 3. The van der Waals surface area contributed by atoms with Gasteiger partial charge < -0.3 is 14.2 Å². The van der Waals surface area contributed by atoms with Crippen LogP contribution in [0, 0.1) is 12.7 Å². The number of carbonyl (C=O) groups excluding carboxylic acids is 1. The molecule has 0 radical (unpaired) electrons. The molecule has 0 aliphatic carbocycles. The number of carbonyl (C=O) groups is 1. The summed E-state index contributed by atoms with van der Waals surface area (Å²) in [5, 5.41) is 0. The van der Waals surface area contributed by atoms with E-state index in [2.05, 4.69) is 4.57 Å². The van der Waals surface area contributed by atoms with Crippen molar-refractivity contribution in [2.24, 2.45) is 0 Å². The second-order valence-corrected chi connectivity index (χ2v) is 8.15. The zero-order valence-electron chi connectivity index (χ0n) is 17.9. The number of aromatic nitrogens is 2. The highest BCUT2D eigenvalue weighted by atomic mass is 19.1. The van der Waals surface area contributed by atoms with Crippen molar-refractivity contribution in [2.75, 3.05) is 18.1 Å². The molecule has 1 atom stereocenters. The van der Waals surface area contributed by atoms with Crippen LogP contribution in [0.1, 0.15) is 23.7 Å². The maximum atomic E-state index is 13.3. The molecule has 2 heterocycles. The molecule has 0 saturated carbocycles. The second-order valence-electron chi connectivity index (χ2n) is 8.15. The van der Waals surface area contributed by atoms with E-state index in [1.54, 1.807) is 17.0 Å². The molecular weight excluding hydrogens is 405 g/mol. The van der Waals surface area contributed by atoms with E-state index in [-0.39, 0.29) is 17.6 Å². The van der Waals surface area contributed by atoms with Gasteiger partial charge in [-0.05, 0) is 55.5 Å². The smallest absolute Gasteiger partial charge is 0.227 e. The number of hydrogen-bond acceptors (Lipinski definition) is 3. The van der Waals surface area contributed by atoms with E-state index in [9.17, 15) is 9.18 Å². The summed E-state index contributed by atoms with van der Waals surface area (Å²) in [6, 6.07) is 22.1. The molecule has 1 aliphatic rings. The first-order chi connectivity index (χ1) is 15.6.